The third-order valence-corrected chi connectivity index (χ3v) is 7.58. The van der Waals surface area contributed by atoms with E-state index in [0.717, 1.165) is 9.87 Å². The lowest BCUT2D eigenvalue weighted by molar-refractivity contribution is -0.151. The SMILES string of the molecule is CCOC(=O)C1CCN(C(=O)CN(c2ccc(C)cc2)S(=O)(=O)c2ccc(OCC)cc2)CC1. The van der Waals surface area contributed by atoms with Gasteiger partial charge in [0.15, 0.2) is 0 Å². The Kier molecular flexibility index (Phi) is 8.55. The summed E-state index contributed by atoms with van der Waals surface area (Å²) in [5.74, 6) is -0.208. The van der Waals surface area contributed by atoms with Crippen molar-refractivity contribution in [2.45, 2.75) is 38.5 Å². The van der Waals surface area contributed by atoms with E-state index in [1.807, 2.05) is 26.0 Å². The smallest absolute Gasteiger partial charge is 0.309 e. The van der Waals surface area contributed by atoms with E-state index in [1.54, 1.807) is 36.1 Å². The summed E-state index contributed by atoms with van der Waals surface area (Å²) in [5.41, 5.74) is 1.39. The predicted molar refractivity (Wildman–Crippen MR) is 129 cm³/mol. The summed E-state index contributed by atoms with van der Waals surface area (Å²) in [6.07, 6.45) is 1.00. The molecule has 0 bridgehead atoms. The number of hydrogen-bond donors (Lipinski definition) is 0. The number of aryl methyl sites for hydroxylation is 1. The van der Waals surface area contributed by atoms with Crippen LogP contribution in [-0.4, -0.2) is 58.0 Å². The number of piperidine rings is 1. The zero-order valence-electron chi connectivity index (χ0n) is 19.9. The van der Waals surface area contributed by atoms with Crippen LogP contribution in [0.5, 0.6) is 5.75 Å². The summed E-state index contributed by atoms with van der Waals surface area (Å²) in [6, 6.07) is 13.2. The fraction of sp³-hybridized carbons (Fsp3) is 0.440. The van der Waals surface area contributed by atoms with Gasteiger partial charge in [-0.25, -0.2) is 8.42 Å². The Hall–Kier alpha value is -3.07. The molecule has 1 heterocycles. The molecule has 2 aromatic carbocycles. The van der Waals surface area contributed by atoms with E-state index in [2.05, 4.69) is 0 Å². The number of likely N-dealkylation sites (tertiary alicyclic amines) is 1. The number of ether oxygens (including phenoxy) is 2. The zero-order chi connectivity index (χ0) is 24.7. The Bertz CT molecular complexity index is 1080. The Labute approximate surface area is 201 Å². The highest BCUT2D eigenvalue weighted by Gasteiger charge is 2.32. The standard InChI is InChI=1S/C25H32N2O6S/c1-4-32-22-10-12-23(13-11-22)34(30,31)27(21-8-6-19(3)7-9-21)18-24(28)26-16-14-20(15-17-26)25(29)33-5-2/h6-13,20H,4-5,14-18H2,1-3H3. The van der Waals surface area contributed by atoms with E-state index < -0.39 is 10.0 Å². The molecule has 34 heavy (non-hydrogen) atoms. The van der Waals surface area contributed by atoms with Crippen molar-refractivity contribution in [2.24, 2.45) is 5.92 Å². The number of benzene rings is 2. The molecular formula is C25H32N2O6S. The Morgan fingerprint density at radius 2 is 1.59 bits per heavy atom. The van der Waals surface area contributed by atoms with Gasteiger partial charge in [-0.1, -0.05) is 17.7 Å². The summed E-state index contributed by atoms with van der Waals surface area (Å²) in [6.45, 7) is 6.76. The molecule has 3 rings (SSSR count). The van der Waals surface area contributed by atoms with Gasteiger partial charge in [0.1, 0.15) is 12.3 Å². The van der Waals surface area contributed by atoms with Gasteiger partial charge >= 0.3 is 5.97 Å². The number of amides is 1. The molecule has 0 saturated carbocycles. The molecule has 1 aliphatic heterocycles. The lowest BCUT2D eigenvalue weighted by atomic mass is 9.97. The Morgan fingerprint density at radius 1 is 0.971 bits per heavy atom. The lowest BCUT2D eigenvalue weighted by Gasteiger charge is -2.33. The molecule has 0 aromatic heterocycles. The third kappa shape index (κ3) is 6.08. The number of anilines is 1. The molecule has 0 atom stereocenters. The number of sulfonamides is 1. The van der Waals surface area contributed by atoms with Crippen molar-refractivity contribution in [1.29, 1.82) is 0 Å². The van der Waals surface area contributed by atoms with Crippen LogP contribution < -0.4 is 9.04 Å². The normalized spacial score (nSPS) is 14.5. The zero-order valence-corrected chi connectivity index (χ0v) is 20.7. The molecule has 0 radical (unpaired) electrons. The van der Waals surface area contributed by atoms with Crippen LogP contribution >= 0.6 is 0 Å². The molecule has 0 N–H and O–H groups in total. The predicted octanol–water partition coefficient (Wildman–Crippen LogP) is 3.39. The Morgan fingerprint density at radius 3 is 2.15 bits per heavy atom. The quantitative estimate of drug-likeness (QED) is 0.503. The maximum absolute atomic E-state index is 13.6. The van der Waals surface area contributed by atoms with Gasteiger partial charge in [-0.15, -0.1) is 0 Å². The van der Waals surface area contributed by atoms with Crippen LogP contribution in [0.2, 0.25) is 0 Å². The first kappa shape index (κ1) is 25.6. The molecule has 9 heteroatoms. The minimum absolute atomic E-state index is 0.0744. The van der Waals surface area contributed by atoms with Gasteiger partial charge in [0.25, 0.3) is 10.0 Å². The van der Waals surface area contributed by atoms with Crippen LogP contribution in [0, 0.1) is 12.8 Å². The minimum Gasteiger partial charge on any atom is -0.494 e. The average molecular weight is 489 g/mol. The monoisotopic (exact) mass is 488 g/mol. The molecular weight excluding hydrogens is 456 g/mol. The van der Waals surface area contributed by atoms with Gasteiger partial charge < -0.3 is 14.4 Å². The topological polar surface area (TPSA) is 93.2 Å². The molecule has 1 aliphatic rings. The summed E-state index contributed by atoms with van der Waals surface area (Å²) in [5, 5.41) is 0. The molecule has 184 valence electrons. The maximum atomic E-state index is 13.6. The van der Waals surface area contributed by atoms with Crippen molar-refractivity contribution >= 4 is 27.6 Å². The van der Waals surface area contributed by atoms with Crippen LogP contribution in [0.25, 0.3) is 0 Å². The minimum atomic E-state index is -4.01. The lowest BCUT2D eigenvalue weighted by Crippen LogP contribution is -2.46. The first-order valence-electron chi connectivity index (χ1n) is 11.5. The van der Waals surface area contributed by atoms with E-state index in [1.165, 1.54) is 12.1 Å². The van der Waals surface area contributed by atoms with Crippen molar-refractivity contribution < 1.29 is 27.5 Å². The number of carbonyl (C=O) groups is 2. The van der Waals surface area contributed by atoms with Crippen LogP contribution in [-0.2, 0) is 24.3 Å². The summed E-state index contributed by atoms with van der Waals surface area (Å²) >= 11 is 0. The first-order valence-corrected chi connectivity index (χ1v) is 13.0. The van der Waals surface area contributed by atoms with Crippen molar-refractivity contribution in [2.75, 3.05) is 37.2 Å². The second kappa shape index (κ2) is 11.4. The second-order valence-electron chi connectivity index (χ2n) is 8.16. The van der Waals surface area contributed by atoms with Crippen LogP contribution in [0.1, 0.15) is 32.3 Å². The van der Waals surface area contributed by atoms with E-state index in [9.17, 15) is 18.0 Å². The van der Waals surface area contributed by atoms with Gasteiger partial charge in [-0.2, -0.15) is 0 Å². The molecule has 0 spiro atoms. The molecule has 1 amide bonds. The van der Waals surface area contributed by atoms with Gasteiger partial charge in [-0.3, -0.25) is 13.9 Å². The fourth-order valence-corrected chi connectivity index (χ4v) is 5.29. The molecule has 1 saturated heterocycles. The first-order chi connectivity index (χ1) is 16.3. The summed E-state index contributed by atoms with van der Waals surface area (Å²) < 4.78 is 38.8. The summed E-state index contributed by atoms with van der Waals surface area (Å²) in [4.78, 5) is 26.8. The van der Waals surface area contributed by atoms with Gasteiger partial charge in [-0.05, 0) is 70.0 Å². The number of rotatable bonds is 9. The van der Waals surface area contributed by atoms with Crippen molar-refractivity contribution in [3.05, 3.63) is 54.1 Å². The van der Waals surface area contributed by atoms with Gasteiger partial charge in [0.2, 0.25) is 5.91 Å². The highest BCUT2D eigenvalue weighted by atomic mass is 32.2. The van der Waals surface area contributed by atoms with Crippen molar-refractivity contribution in [3.63, 3.8) is 0 Å². The third-order valence-electron chi connectivity index (χ3n) is 5.79. The highest BCUT2D eigenvalue weighted by Crippen LogP contribution is 2.26. The van der Waals surface area contributed by atoms with Crippen molar-refractivity contribution in [3.8, 4) is 5.75 Å². The van der Waals surface area contributed by atoms with Gasteiger partial charge in [0.05, 0.1) is 29.7 Å². The van der Waals surface area contributed by atoms with E-state index >= 15 is 0 Å². The van der Waals surface area contributed by atoms with E-state index in [0.29, 0.717) is 50.6 Å². The van der Waals surface area contributed by atoms with E-state index in [4.69, 9.17) is 9.47 Å². The number of hydrogen-bond acceptors (Lipinski definition) is 6. The largest absolute Gasteiger partial charge is 0.494 e. The number of carbonyl (C=O) groups excluding carboxylic acids is 2. The molecule has 8 nitrogen and oxygen atoms in total. The summed E-state index contributed by atoms with van der Waals surface area (Å²) in [7, 11) is -4.01. The number of nitrogens with zero attached hydrogens (tertiary/aromatic N) is 2. The van der Waals surface area contributed by atoms with Crippen LogP contribution in [0.4, 0.5) is 5.69 Å². The van der Waals surface area contributed by atoms with Crippen LogP contribution in [0.3, 0.4) is 0 Å². The van der Waals surface area contributed by atoms with E-state index in [-0.39, 0.29) is 29.2 Å². The van der Waals surface area contributed by atoms with Crippen LogP contribution in [0.15, 0.2) is 53.4 Å². The van der Waals surface area contributed by atoms with Gasteiger partial charge in [0, 0.05) is 13.1 Å². The molecule has 1 fully saturated rings. The molecule has 2 aromatic rings. The van der Waals surface area contributed by atoms with Crippen molar-refractivity contribution in [1.82, 2.24) is 4.90 Å². The molecule has 0 unspecified atom stereocenters. The fourth-order valence-electron chi connectivity index (χ4n) is 3.88. The maximum Gasteiger partial charge on any atom is 0.309 e. The molecule has 0 aliphatic carbocycles. The highest BCUT2D eigenvalue weighted by molar-refractivity contribution is 7.92. The second-order valence-corrected chi connectivity index (χ2v) is 10.0. The Balaban J connectivity index is 1.81. The average Bonchev–Trinajstić information content (AvgIpc) is 2.84. The number of esters is 1.